The molecule has 1 saturated carbocycles. The molecule has 16 heavy (non-hydrogen) atoms. The van der Waals surface area contributed by atoms with Crippen molar-refractivity contribution in [1.29, 1.82) is 0 Å². The largest absolute Gasteiger partial charge is 0.487 e. The first-order valence-corrected chi connectivity index (χ1v) is 5.71. The maximum absolute atomic E-state index is 10.1. The second kappa shape index (κ2) is 3.47. The third-order valence-electron chi connectivity index (χ3n) is 3.70. The van der Waals surface area contributed by atoms with Crippen LogP contribution in [0.1, 0.15) is 30.9 Å². The Morgan fingerprint density at radius 3 is 2.81 bits per heavy atom. The third-order valence-corrected chi connectivity index (χ3v) is 3.70. The van der Waals surface area contributed by atoms with Gasteiger partial charge in [-0.1, -0.05) is 18.2 Å². The zero-order valence-electron chi connectivity index (χ0n) is 9.35. The Labute approximate surface area is 95.0 Å². The molecule has 1 N–H and O–H groups in total. The van der Waals surface area contributed by atoms with E-state index in [1.54, 1.807) is 7.11 Å². The highest BCUT2D eigenvalue weighted by Gasteiger charge is 2.50. The Morgan fingerprint density at radius 2 is 2.06 bits per heavy atom. The van der Waals surface area contributed by atoms with Crippen LogP contribution in [0.4, 0.5) is 0 Å². The molecule has 0 amide bonds. The number of hydrogen-bond acceptors (Lipinski definition) is 3. The topological polar surface area (TPSA) is 38.7 Å². The highest BCUT2D eigenvalue weighted by molar-refractivity contribution is 5.38. The smallest absolute Gasteiger partial charge is 0.125 e. The standard InChI is InChI=1S/C13H16O3/c1-15-9-6-13(7-9)8-11(14)10-4-2-3-5-12(10)16-13/h2-5,9,11,14H,6-8H2,1H3/t9?,11-,13?/m1/s1. The lowest BCUT2D eigenvalue weighted by Crippen LogP contribution is -2.54. The van der Waals surface area contributed by atoms with Crippen LogP contribution in [0.25, 0.3) is 0 Å². The summed E-state index contributed by atoms with van der Waals surface area (Å²) in [6.07, 6.45) is 2.34. The minimum Gasteiger partial charge on any atom is -0.487 e. The van der Waals surface area contributed by atoms with Crippen molar-refractivity contribution in [2.75, 3.05) is 7.11 Å². The number of rotatable bonds is 1. The number of ether oxygens (including phenoxy) is 2. The Bertz CT molecular complexity index is 396. The summed E-state index contributed by atoms with van der Waals surface area (Å²) >= 11 is 0. The fraction of sp³-hybridized carbons (Fsp3) is 0.538. The van der Waals surface area contributed by atoms with Crippen molar-refractivity contribution in [3.8, 4) is 5.75 Å². The van der Waals surface area contributed by atoms with E-state index in [0.717, 1.165) is 24.2 Å². The summed E-state index contributed by atoms with van der Waals surface area (Å²) in [5, 5.41) is 10.1. The van der Waals surface area contributed by atoms with Gasteiger partial charge in [0.2, 0.25) is 0 Å². The highest BCUT2D eigenvalue weighted by Crippen LogP contribution is 2.49. The van der Waals surface area contributed by atoms with Gasteiger partial charge in [-0.3, -0.25) is 0 Å². The van der Waals surface area contributed by atoms with Gasteiger partial charge in [0.05, 0.1) is 12.2 Å². The number of para-hydroxylation sites is 1. The molecule has 3 rings (SSSR count). The highest BCUT2D eigenvalue weighted by atomic mass is 16.5. The van der Waals surface area contributed by atoms with Crippen molar-refractivity contribution in [2.45, 2.75) is 37.1 Å². The molecule has 2 aliphatic rings. The monoisotopic (exact) mass is 220 g/mol. The van der Waals surface area contributed by atoms with E-state index in [1.165, 1.54) is 0 Å². The van der Waals surface area contributed by atoms with Crippen LogP contribution >= 0.6 is 0 Å². The molecule has 0 aromatic heterocycles. The summed E-state index contributed by atoms with van der Waals surface area (Å²) in [6, 6.07) is 7.73. The van der Waals surface area contributed by atoms with Crippen LogP contribution < -0.4 is 4.74 Å². The average molecular weight is 220 g/mol. The van der Waals surface area contributed by atoms with Crippen LogP contribution in [0.5, 0.6) is 5.75 Å². The van der Waals surface area contributed by atoms with Crippen LogP contribution in [0, 0.1) is 0 Å². The number of hydrogen-bond donors (Lipinski definition) is 1. The van der Waals surface area contributed by atoms with Crippen molar-refractivity contribution < 1.29 is 14.6 Å². The molecule has 1 aliphatic heterocycles. The van der Waals surface area contributed by atoms with Gasteiger partial charge >= 0.3 is 0 Å². The minimum atomic E-state index is -0.400. The average Bonchev–Trinajstić information content (AvgIpc) is 2.25. The van der Waals surface area contributed by atoms with E-state index in [0.29, 0.717) is 6.42 Å². The molecule has 1 spiro atoms. The summed E-state index contributed by atoms with van der Waals surface area (Å²) in [7, 11) is 1.73. The summed E-state index contributed by atoms with van der Waals surface area (Å²) in [5.74, 6) is 0.829. The molecule has 3 nitrogen and oxygen atoms in total. The maximum Gasteiger partial charge on any atom is 0.125 e. The van der Waals surface area contributed by atoms with Crippen molar-refractivity contribution in [2.24, 2.45) is 0 Å². The molecule has 1 atom stereocenters. The first-order chi connectivity index (χ1) is 7.72. The SMILES string of the molecule is COC1CC2(C1)C[C@@H](O)c1ccccc1O2. The van der Waals surface area contributed by atoms with Crippen LogP contribution in [0.2, 0.25) is 0 Å². The lowest BCUT2D eigenvalue weighted by atomic mass is 9.71. The molecular weight excluding hydrogens is 204 g/mol. The molecule has 1 aliphatic carbocycles. The fourth-order valence-electron chi connectivity index (χ4n) is 2.77. The molecule has 86 valence electrons. The molecule has 0 unspecified atom stereocenters. The Hall–Kier alpha value is -1.06. The Balaban J connectivity index is 1.85. The van der Waals surface area contributed by atoms with Crippen LogP contribution in [0.15, 0.2) is 24.3 Å². The van der Waals surface area contributed by atoms with Gasteiger partial charge in [0.25, 0.3) is 0 Å². The van der Waals surface area contributed by atoms with Gasteiger partial charge in [0.15, 0.2) is 0 Å². The third kappa shape index (κ3) is 1.43. The van der Waals surface area contributed by atoms with Crippen molar-refractivity contribution in [3.63, 3.8) is 0 Å². The number of aliphatic hydroxyl groups excluding tert-OH is 1. The molecule has 0 bridgehead atoms. The summed E-state index contributed by atoms with van der Waals surface area (Å²) in [4.78, 5) is 0. The summed E-state index contributed by atoms with van der Waals surface area (Å²) < 4.78 is 11.3. The van der Waals surface area contributed by atoms with Crippen LogP contribution in [-0.2, 0) is 4.74 Å². The minimum absolute atomic E-state index is 0.186. The van der Waals surface area contributed by atoms with E-state index in [-0.39, 0.29) is 11.7 Å². The second-order valence-electron chi connectivity index (χ2n) is 4.81. The normalized spacial score (nSPS) is 36.4. The number of benzene rings is 1. The van der Waals surface area contributed by atoms with Gasteiger partial charge in [-0.2, -0.15) is 0 Å². The molecule has 1 aromatic rings. The lowest BCUT2D eigenvalue weighted by Gasteiger charge is -2.50. The van der Waals surface area contributed by atoms with E-state index in [4.69, 9.17) is 9.47 Å². The number of methoxy groups -OCH3 is 1. The second-order valence-corrected chi connectivity index (χ2v) is 4.81. The van der Waals surface area contributed by atoms with E-state index in [1.807, 2.05) is 24.3 Å². The fourth-order valence-corrected chi connectivity index (χ4v) is 2.77. The van der Waals surface area contributed by atoms with Gasteiger partial charge in [0, 0.05) is 31.9 Å². The number of aliphatic hydroxyl groups is 1. The zero-order chi connectivity index (χ0) is 11.2. The van der Waals surface area contributed by atoms with Crippen LogP contribution in [0.3, 0.4) is 0 Å². The first-order valence-electron chi connectivity index (χ1n) is 5.71. The number of fused-ring (bicyclic) bond motifs is 1. The molecular formula is C13H16O3. The predicted molar refractivity (Wildman–Crippen MR) is 59.4 cm³/mol. The van der Waals surface area contributed by atoms with Gasteiger partial charge in [-0.15, -0.1) is 0 Å². The lowest BCUT2D eigenvalue weighted by molar-refractivity contribution is -0.139. The Kier molecular flexibility index (Phi) is 2.19. The van der Waals surface area contributed by atoms with Gasteiger partial charge in [-0.25, -0.2) is 0 Å². The van der Waals surface area contributed by atoms with Gasteiger partial charge < -0.3 is 14.6 Å². The van der Waals surface area contributed by atoms with Gasteiger partial charge in [-0.05, 0) is 6.07 Å². The maximum atomic E-state index is 10.1. The summed E-state index contributed by atoms with van der Waals surface area (Å²) in [6.45, 7) is 0. The summed E-state index contributed by atoms with van der Waals surface area (Å²) in [5.41, 5.74) is 0.725. The molecule has 1 heterocycles. The molecule has 0 saturated heterocycles. The van der Waals surface area contributed by atoms with Crippen molar-refractivity contribution >= 4 is 0 Å². The first kappa shape index (κ1) is 10.1. The predicted octanol–water partition coefficient (Wildman–Crippen LogP) is 2.05. The molecule has 1 aromatic carbocycles. The van der Waals surface area contributed by atoms with E-state index in [9.17, 15) is 5.11 Å². The van der Waals surface area contributed by atoms with Crippen molar-refractivity contribution in [1.82, 2.24) is 0 Å². The van der Waals surface area contributed by atoms with E-state index >= 15 is 0 Å². The van der Waals surface area contributed by atoms with Crippen LogP contribution in [-0.4, -0.2) is 23.9 Å². The van der Waals surface area contributed by atoms with Gasteiger partial charge in [0.1, 0.15) is 11.4 Å². The van der Waals surface area contributed by atoms with E-state index < -0.39 is 6.10 Å². The molecule has 0 radical (unpaired) electrons. The van der Waals surface area contributed by atoms with Crippen molar-refractivity contribution in [3.05, 3.63) is 29.8 Å². The zero-order valence-corrected chi connectivity index (χ0v) is 9.35. The molecule has 1 fully saturated rings. The quantitative estimate of drug-likeness (QED) is 0.787. The molecule has 3 heteroatoms. The Morgan fingerprint density at radius 1 is 1.31 bits per heavy atom. The van der Waals surface area contributed by atoms with E-state index in [2.05, 4.69) is 0 Å².